The molecule has 1 N–H and O–H groups in total. The number of hydrogen-bond acceptors (Lipinski definition) is 6. The summed E-state index contributed by atoms with van der Waals surface area (Å²) in [6.45, 7) is 9.17. The van der Waals surface area contributed by atoms with Crippen LogP contribution >= 0.6 is 0 Å². The van der Waals surface area contributed by atoms with Gasteiger partial charge in [-0.05, 0) is 37.0 Å². The van der Waals surface area contributed by atoms with Gasteiger partial charge in [0.05, 0.1) is 7.11 Å². The maximum atomic E-state index is 12.0. The van der Waals surface area contributed by atoms with Crippen LogP contribution in [-0.2, 0) is 24.5 Å². The summed E-state index contributed by atoms with van der Waals surface area (Å²) >= 11 is 0. The van der Waals surface area contributed by atoms with E-state index in [9.17, 15) is 14.4 Å². The van der Waals surface area contributed by atoms with Gasteiger partial charge >= 0.3 is 12.1 Å². The molecule has 1 rings (SSSR count). The number of alkyl carbamates (subject to hydrolysis) is 1. The van der Waals surface area contributed by atoms with Crippen LogP contribution in [0.1, 0.15) is 40.2 Å². The summed E-state index contributed by atoms with van der Waals surface area (Å²) in [5.74, 6) is -0.974. The van der Waals surface area contributed by atoms with Gasteiger partial charge in [-0.1, -0.05) is 32.9 Å². The number of amides is 2. The number of carbonyl (C=O) groups excluding carboxylic acids is 3. The van der Waals surface area contributed by atoms with E-state index in [0.29, 0.717) is 5.75 Å². The first-order chi connectivity index (χ1) is 11.5. The highest BCUT2D eigenvalue weighted by Crippen LogP contribution is 2.24. The first-order valence-electron chi connectivity index (χ1n) is 7.91. The summed E-state index contributed by atoms with van der Waals surface area (Å²) < 4.78 is 14.8. The van der Waals surface area contributed by atoms with E-state index in [-0.39, 0.29) is 5.41 Å². The Balaban J connectivity index is 2.59. The van der Waals surface area contributed by atoms with Crippen molar-refractivity contribution >= 4 is 18.0 Å². The zero-order chi connectivity index (χ0) is 19.2. The Morgan fingerprint density at radius 1 is 1.00 bits per heavy atom. The summed E-state index contributed by atoms with van der Waals surface area (Å²) in [5, 5.41) is 1.93. The third kappa shape index (κ3) is 6.45. The lowest BCUT2D eigenvalue weighted by molar-refractivity contribution is -0.160. The molecular weight excluding hydrogens is 326 g/mol. The van der Waals surface area contributed by atoms with Gasteiger partial charge in [-0.2, -0.15) is 0 Å². The molecule has 0 aromatic heterocycles. The molecule has 1 aromatic rings. The fourth-order valence-electron chi connectivity index (χ4n) is 1.86. The van der Waals surface area contributed by atoms with Gasteiger partial charge in [0.15, 0.2) is 12.2 Å². The smallest absolute Gasteiger partial charge is 0.413 e. The maximum Gasteiger partial charge on any atom is 0.413 e. The fraction of sp³-hybridized carbons (Fsp3) is 0.500. The van der Waals surface area contributed by atoms with Crippen LogP contribution in [-0.4, -0.2) is 37.3 Å². The van der Waals surface area contributed by atoms with E-state index in [0.717, 1.165) is 12.7 Å². The molecule has 2 atom stereocenters. The normalized spacial score (nSPS) is 13.4. The SMILES string of the molecule is COC(=O)NC(=O)[C@@H](C)OC(=O)[C@@H](C)Oc1ccc(C(C)(C)C)cc1. The Hall–Kier alpha value is -2.57. The van der Waals surface area contributed by atoms with E-state index in [1.807, 2.05) is 17.4 Å². The largest absolute Gasteiger partial charge is 0.479 e. The topological polar surface area (TPSA) is 90.9 Å². The molecule has 0 saturated heterocycles. The predicted octanol–water partition coefficient (Wildman–Crippen LogP) is 2.57. The Kier molecular flexibility index (Phi) is 6.97. The van der Waals surface area contributed by atoms with Crippen LogP contribution in [0.3, 0.4) is 0 Å². The van der Waals surface area contributed by atoms with Crippen LogP contribution < -0.4 is 10.1 Å². The van der Waals surface area contributed by atoms with E-state index < -0.39 is 30.2 Å². The molecule has 0 spiro atoms. The number of rotatable bonds is 5. The molecule has 0 aliphatic rings. The van der Waals surface area contributed by atoms with E-state index in [2.05, 4.69) is 25.5 Å². The molecule has 7 heteroatoms. The molecule has 25 heavy (non-hydrogen) atoms. The second kappa shape index (κ2) is 8.50. The molecule has 0 aliphatic carbocycles. The van der Waals surface area contributed by atoms with Gasteiger partial charge < -0.3 is 14.2 Å². The van der Waals surface area contributed by atoms with Crippen LogP contribution in [0.25, 0.3) is 0 Å². The van der Waals surface area contributed by atoms with Crippen molar-refractivity contribution in [3.8, 4) is 5.75 Å². The van der Waals surface area contributed by atoms with Crippen molar-refractivity contribution in [1.82, 2.24) is 5.32 Å². The average Bonchev–Trinajstić information content (AvgIpc) is 2.54. The summed E-state index contributed by atoms with van der Waals surface area (Å²) in [6.07, 6.45) is -2.98. The van der Waals surface area contributed by atoms with Crippen molar-refractivity contribution < 1.29 is 28.6 Å². The molecule has 138 valence electrons. The quantitative estimate of drug-likeness (QED) is 0.820. The first kappa shape index (κ1) is 20.5. The number of imide groups is 1. The molecule has 2 amide bonds. The molecule has 0 bridgehead atoms. The maximum absolute atomic E-state index is 12.0. The lowest BCUT2D eigenvalue weighted by Gasteiger charge is -2.20. The van der Waals surface area contributed by atoms with Crippen LogP contribution in [0.4, 0.5) is 4.79 Å². The minimum Gasteiger partial charge on any atom is -0.479 e. The van der Waals surface area contributed by atoms with Gasteiger partial charge in [0.2, 0.25) is 0 Å². The third-order valence-corrected chi connectivity index (χ3v) is 3.44. The van der Waals surface area contributed by atoms with Crippen LogP contribution in [0.5, 0.6) is 5.75 Å². The van der Waals surface area contributed by atoms with Crippen molar-refractivity contribution in [3.05, 3.63) is 29.8 Å². The second-order valence-electron chi connectivity index (χ2n) is 6.59. The summed E-state index contributed by atoms with van der Waals surface area (Å²) in [5.41, 5.74) is 1.16. The number of esters is 1. The van der Waals surface area contributed by atoms with Gasteiger partial charge in [0.1, 0.15) is 5.75 Å². The van der Waals surface area contributed by atoms with Crippen LogP contribution in [0.15, 0.2) is 24.3 Å². The van der Waals surface area contributed by atoms with Gasteiger partial charge in [0, 0.05) is 0 Å². The van der Waals surface area contributed by atoms with Crippen molar-refractivity contribution in [2.24, 2.45) is 0 Å². The molecule has 7 nitrogen and oxygen atoms in total. The van der Waals surface area contributed by atoms with Crippen molar-refractivity contribution in [3.63, 3.8) is 0 Å². The monoisotopic (exact) mass is 351 g/mol. The van der Waals surface area contributed by atoms with E-state index in [1.54, 1.807) is 12.1 Å². The summed E-state index contributed by atoms with van der Waals surface area (Å²) in [7, 11) is 1.13. The predicted molar refractivity (Wildman–Crippen MR) is 91.3 cm³/mol. The van der Waals surface area contributed by atoms with Crippen LogP contribution in [0.2, 0.25) is 0 Å². The van der Waals surface area contributed by atoms with Gasteiger partial charge in [-0.3, -0.25) is 10.1 Å². The minimum atomic E-state index is -1.15. The van der Waals surface area contributed by atoms with E-state index in [4.69, 9.17) is 9.47 Å². The van der Waals surface area contributed by atoms with Crippen molar-refractivity contribution in [2.75, 3.05) is 7.11 Å². The van der Waals surface area contributed by atoms with Gasteiger partial charge in [-0.15, -0.1) is 0 Å². The minimum absolute atomic E-state index is 0.0194. The standard InChI is InChI=1S/C18H25NO6/c1-11(15(20)19-17(22)23-6)25-16(21)12(2)24-14-9-7-13(8-10-14)18(3,4)5/h7-12H,1-6H3,(H,19,20,22)/t11-,12-/m1/s1. The number of methoxy groups -OCH3 is 1. The lowest BCUT2D eigenvalue weighted by Crippen LogP contribution is -2.41. The Labute approximate surface area is 147 Å². The van der Waals surface area contributed by atoms with Crippen molar-refractivity contribution in [2.45, 2.75) is 52.2 Å². The number of carbonyl (C=O) groups is 3. The average molecular weight is 351 g/mol. The van der Waals surface area contributed by atoms with Gasteiger partial charge in [-0.25, -0.2) is 9.59 Å². The highest BCUT2D eigenvalue weighted by atomic mass is 16.6. The molecule has 0 radical (unpaired) electrons. The fourth-order valence-corrected chi connectivity index (χ4v) is 1.86. The summed E-state index contributed by atoms with van der Waals surface area (Å²) in [6, 6.07) is 7.41. The van der Waals surface area contributed by atoms with Crippen LogP contribution in [0, 0.1) is 0 Å². The van der Waals surface area contributed by atoms with Crippen molar-refractivity contribution in [1.29, 1.82) is 0 Å². The third-order valence-electron chi connectivity index (χ3n) is 3.44. The number of hydrogen-bond donors (Lipinski definition) is 1. The number of benzene rings is 1. The molecule has 0 unspecified atom stereocenters. The number of nitrogens with one attached hydrogen (secondary N) is 1. The Bertz CT molecular complexity index is 617. The number of ether oxygens (including phenoxy) is 3. The molecule has 0 fully saturated rings. The molecule has 0 saturated carbocycles. The van der Waals surface area contributed by atoms with Gasteiger partial charge in [0.25, 0.3) is 5.91 Å². The first-order valence-corrected chi connectivity index (χ1v) is 7.91. The second-order valence-corrected chi connectivity index (χ2v) is 6.59. The van der Waals surface area contributed by atoms with E-state index >= 15 is 0 Å². The molecule has 1 aromatic carbocycles. The lowest BCUT2D eigenvalue weighted by atomic mass is 9.87. The Morgan fingerprint density at radius 3 is 2.04 bits per heavy atom. The van der Waals surface area contributed by atoms with E-state index in [1.165, 1.54) is 13.8 Å². The highest BCUT2D eigenvalue weighted by molar-refractivity contribution is 5.95. The zero-order valence-corrected chi connectivity index (χ0v) is 15.4. The molecular formula is C18H25NO6. The zero-order valence-electron chi connectivity index (χ0n) is 15.4. The highest BCUT2D eigenvalue weighted by Gasteiger charge is 2.24. The molecule has 0 aliphatic heterocycles. The Morgan fingerprint density at radius 2 is 1.56 bits per heavy atom. The summed E-state index contributed by atoms with van der Waals surface area (Å²) in [4.78, 5) is 34.6. The molecule has 0 heterocycles.